The summed E-state index contributed by atoms with van der Waals surface area (Å²) in [6, 6.07) is 7.81. The third-order valence-corrected chi connectivity index (χ3v) is 3.68. The molecule has 0 aromatic heterocycles. The Labute approximate surface area is 108 Å². The molecule has 1 aromatic carbocycles. The van der Waals surface area contributed by atoms with E-state index in [1.165, 1.54) is 4.90 Å². The standard InChI is InChI=1S/C12H14BrNO3/c13-9-3-1-8(2-4-9)10-5-6-14(12(16)17)7-11(10)15/h1-4,10-11,15H,5-7H2,(H,16,17). The van der Waals surface area contributed by atoms with E-state index in [2.05, 4.69) is 15.9 Å². The van der Waals surface area contributed by atoms with Crippen LogP contribution >= 0.6 is 15.9 Å². The minimum absolute atomic E-state index is 0.0266. The van der Waals surface area contributed by atoms with Crippen LogP contribution in [-0.2, 0) is 0 Å². The molecule has 2 N–H and O–H groups in total. The van der Waals surface area contributed by atoms with E-state index < -0.39 is 12.2 Å². The number of benzene rings is 1. The number of β-amino-alcohol motifs (C(OH)–C–C–N with tert-alkyl or cyclic N) is 1. The minimum atomic E-state index is -0.960. The van der Waals surface area contributed by atoms with Gasteiger partial charge in [-0.2, -0.15) is 0 Å². The predicted molar refractivity (Wildman–Crippen MR) is 67.1 cm³/mol. The lowest BCUT2D eigenvalue weighted by Gasteiger charge is -2.34. The Kier molecular flexibility index (Phi) is 3.69. The number of carboxylic acid groups (broad SMARTS) is 1. The van der Waals surface area contributed by atoms with Gasteiger partial charge in [-0.25, -0.2) is 4.79 Å². The van der Waals surface area contributed by atoms with E-state index in [9.17, 15) is 9.90 Å². The Morgan fingerprint density at radius 3 is 2.53 bits per heavy atom. The van der Waals surface area contributed by atoms with Gasteiger partial charge < -0.3 is 15.1 Å². The number of carbonyl (C=O) groups is 1. The maximum absolute atomic E-state index is 10.8. The fraction of sp³-hybridized carbons (Fsp3) is 0.417. The van der Waals surface area contributed by atoms with Crippen LogP contribution < -0.4 is 0 Å². The van der Waals surface area contributed by atoms with E-state index in [1.807, 2.05) is 24.3 Å². The summed E-state index contributed by atoms with van der Waals surface area (Å²) in [7, 11) is 0. The van der Waals surface area contributed by atoms with Crippen LogP contribution in [0.2, 0.25) is 0 Å². The third-order valence-electron chi connectivity index (χ3n) is 3.15. The number of rotatable bonds is 1. The fourth-order valence-corrected chi connectivity index (χ4v) is 2.47. The number of aliphatic hydroxyl groups excluding tert-OH is 1. The van der Waals surface area contributed by atoms with Crippen molar-refractivity contribution in [3.05, 3.63) is 34.3 Å². The van der Waals surface area contributed by atoms with E-state index >= 15 is 0 Å². The van der Waals surface area contributed by atoms with Crippen LogP contribution in [0.1, 0.15) is 17.9 Å². The number of amides is 1. The number of halogens is 1. The van der Waals surface area contributed by atoms with Crippen LogP contribution in [0.3, 0.4) is 0 Å². The Bertz CT molecular complexity index is 407. The SMILES string of the molecule is O=C(O)N1CCC(c2ccc(Br)cc2)C(O)C1. The van der Waals surface area contributed by atoms with Gasteiger partial charge in [0.1, 0.15) is 0 Å². The lowest BCUT2D eigenvalue weighted by atomic mass is 9.87. The molecule has 1 saturated heterocycles. The monoisotopic (exact) mass is 299 g/mol. The molecule has 5 heteroatoms. The van der Waals surface area contributed by atoms with Crippen molar-refractivity contribution in [1.29, 1.82) is 0 Å². The second-order valence-electron chi connectivity index (χ2n) is 4.24. The van der Waals surface area contributed by atoms with Gasteiger partial charge in [0.2, 0.25) is 0 Å². The molecule has 1 heterocycles. The fourth-order valence-electron chi connectivity index (χ4n) is 2.20. The summed E-state index contributed by atoms with van der Waals surface area (Å²) in [4.78, 5) is 12.1. The topological polar surface area (TPSA) is 60.8 Å². The van der Waals surface area contributed by atoms with Crippen molar-refractivity contribution in [2.75, 3.05) is 13.1 Å². The molecule has 2 atom stereocenters. The maximum Gasteiger partial charge on any atom is 0.407 e. The molecule has 1 aliphatic rings. The van der Waals surface area contributed by atoms with Crippen LogP contribution in [0.5, 0.6) is 0 Å². The normalized spacial score (nSPS) is 24.7. The summed E-state index contributed by atoms with van der Waals surface area (Å²) < 4.78 is 0.999. The van der Waals surface area contributed by atoms with Crippen LogP contribution in [0.15, 0.2) is 28.7 Å². The van der Waals surface area contributed by atoms with Crippen LogP contribution in [-0.4, -0.2) is 40.4 Å². The molecule has 92 valence electrons. The maximum atomic E-state index is 10.8. The number of likely N-dealkylation sites (tertiary alicyclic amines) is 1. The Morgan fingerprint density at radius 2 is 2.00 bits per heavy atom. The van der Waals surface area contributed by atoms with E-state index in [0.717, 1.165) is 10.0 Å². The molecule has 0 radical (unpaired) electrons. The minimum Gasteiger partial charge on any atom is -0.465 e. The first-order chi connectivity index (χ1) is 8.08. The van der Waals surface area contributed by atoms with Crippen LogP contribution in [0, 0.1) is 0 Å². The van der Waals surface area contributed by atoms with Gasteiger partial charge in [0, 0.05) is 16.9 Å². The first-order valence-corrected chi connectivity index (χ1v) is 6.28. The highest BCUT2D eigenvalue weighted by Crippen LogP contribution is 2.29. The number of piperidine rings is 1. The molecular weight excluding hydrogens is 286 g/mol. The molecule has 0 saturated carbocycles. The van der Waals surface area contributed by atoms with Gasteiger partial charge in [-0.1, -0.05) is 28.1 Å². The second kappa shape index (κ2) is 5.06. The lowest BCUT2D eigenvalue weighted by molar-refractivity contribution is 0.0504. The zero-order chi connectivity index (χ0) is 12.4. The molecular formula is C12H14BrNO3. The molecule has 0 bridgehead atoms. The van der Waals surface area contributed by atoms with E-state index in [-0.39, 0.29) is 12.5 Å². The van der Waals surface area contributed by atoms with Gasteiger partial charge in [-0.05, 0) is 24.1 Å². The van der Waals surface area contributed by atoms with E-state index in [4.69, 9.17) is 5.11 Å². The quantitative estimate of drug-likeness (QED) is 0.836. The van der Waals surface area contributed by atoms with E-state index in [0.29, 0.717) is 13.0 Å². The van der Waals surface area contributed by atoms with Gasteiger partial charge in [0.15, 0.2) is 0 Å². The molecule has 0 spiro atoms. The smallest absolute Gasteiger partial charge is 0.407 e. The third kappa shape index (κ3) is 2.79. The van der Waals surface area contributed by atoms with Crippen molar-refractivity contribution in [2.24, 2.45) is 0 Å². The molecule has 17 heavy (non-hydrogen) atoms. The highest BCUT2D eigenvalue weighted by atomic mass is 79.9. The lowest BCUT2D eigenvalue weighted by Crippen LogP contribution is -2.45. The molecule has 1 aliphatic heterocycles. The molecule has 1 amide bonds. The Morgan fingerprint density at radius 1 is 1.35 bits per heavy atom. The van der Waals surface area contributed by atoms with Gasteiger partial charge in [0.25, 0.3) is 0 Å². The predicted octanol–water partition coefficient (Wildman–Crippen LogP) is 2.28. The van der Waals surface area contributed by atoms with Gasteiger partial charge >= 0.3 is 6.09 Å². The molecule has 1 aromatic rings. The first-order valence-electron chi connectivity index (χ1n) is 5.49. The van der Waals surface area contributed by atoms with Crippen molar-refractivity contribution in [2.45, 2.75) is 18.4 Å². The summed E-state index contributed by atoms with van der Waals surface area (Å²) >= 11 is 3.36. The van der Waals surface area contributed by atoms with Crippen molar-refractivity contribution in [3.8, 4) is 0 Å². The van der Waals surface area contributed by atoms with E-state index in [1.54, 1.807) is 0 Å². The van der Waals surface area contributed by atoms with Gasteiger partial charge in [-0.3, -0.25) is 0 Å². The number of hydrogen-bond acceptors (Lipinski definition) is 2. The highest BCUT2D eigenvalue weighted by Gasteiger charge is 2.30. The zero-order valence-corrected chi connectivity index (χ0v) is 10.8. The van der Waals surface area contributed by atoms with Gasteiger partial charge in [0.05, 0.1) is 12.6 Å². The summed E-state index contributed by atoms with van der Waals surface area (Å²) in [6.45, 7) is 0.670. The highest BCUT2D eigenvalue weighted by molar-refractivity contribution is 9.10. The Balaban J connectivity index is 2.09. The van der Waals surface area contributed by atoms with Crippen LogP contribution in [0.4, 0.5) is 4.79 Å². The molecule has 2 unspecified atom stereocenters. The van der Waals surface area contributed by atoms with Crippen molar-refractivity contribution < 1.29 is 15.0 Å². The molecule has 0 aliphatic carbocycles. The average molecular weight is 300 g/mol. The Hall–Kier alpha value is -1.07. The molecule has 2 rings (SSSR count). The summed E-state index contributed by atoms with van der Waals surface area (Å²) in [5.74, 6) is 0.0266. The van der Waals surface area contributed by atoms with Crippen molar-refractivity contribution >= 4 is 22.0 Å². The largest absolute Gasteiger partial charge is 0.465 e. The second-order valence-corrected chi connectivity index (χ2v) is 5.16. The first kappa shape index (κ1) is 12.4. The van der Waals surface area contributed by atoms with Crippen molar-refractivity contribution in [1.82, 2.24) is 4.90 Å². The molecule has 1 fully saturated rings. The molecule has 4 nitrogen and oxygen atoms in total. The number of aliphatic hydroxyl groups is 1. The van der Waals surface area contributed by atoms with Gasteiger partial charge in [-0.15, -0.1) is 0 Å². The summed E-state index contributed by atoms with van der Waals surface area (Å²) in [5.41, 5.74) is 1.06. The summed E-state index contributed by atoms with van der Waals surface area (Å²) in [5, 5.41) is 18.9. The average Bonchev–Trinajstić information content (AvgIpc) is 2.30. The summed E-state index contributed by atoms with van der Waals surface area (Å²) in [6.07, 6.45) is -0.922. The van der Waals surface area contributed by atoms with Crippen molar-refractivity contribution in [3.63, 3.8) is 0 Å². The number of hydrogen-bond donors (Lipinski definition) is 2. The van der Waals surface area contributed by atoms with Crippen LogP contribution in [0.25, 0.3) is 0 Å². The number of nitrogens with zero attached hydrogens (tertiary/aromatic N) is 1. The zero-order valence-electron chi connectivity index (χ0n) is 9.21.